The fraction of sp³-hybridized carbons (Fsp3) is 0.588. The number of nitrogens with zero attached hydrogens (tertiary/aromatic N) is 1. The molecule has 2 saturated heterocycles. The topological polar surface area (TPSA) is 32.3 Å². The van der Waals surface area contributed by atoms with Crippen LogP contribution in [0, 0.1) is 19.8 Å². The molecule has 0 bridgehead atoms. The second-order valence-corrected chi connectivity index (χ2v) is 7.47. The first-order valence-corrected chi connectivity index (χ1v) is 8.98. The number of carbonyl (C=O) groups is 1. The van der Waals surface area contributed by atoms with E-state index in [-0.39, 0.29) is 12.1 Å². The van der Waals surface area contributed by atoms with Crippen molar-refractivity contribution in [2.24, 2.45) is 5.92 Å². The number of carbonyl (C=O) groups excluding carboxylic acids is 1. The van der Waals surface area contributed by atoms with E-state index in [1.54, 1.807) is 0 Å². The molecular formula is C17H24N2OS. The Labute approximate surface area is 131 Å². The minimum absolute atomic E-state index is 0.0627. The molecule has 2 aliphatic heterocycles. The van der Waals surface area contributed by atoms with E-state index in [0.717, 1.165) is 6.54 Å². The molecule has 1 amide bonds. The molecule has 2 heterocycles. The van der Waals surface area contributed by atoms with Gasteiger partial charge in [0, 0.05) is 6.54 Å². The van der Waals surface area contributed by atoms with Gasteiger partial charge in [-0.1, -0.05) is 23.8 Å². The van der Waals surface area contributed by atoms with Crippen LogP contribution in [-0.4, -0.2) is 35.4 Å². The average molecular weight is 304 g/mol. The van der Waals surface area contributed by atoms with E-state index in [1.165, 1.54) is 41.0 Å². The molecule has 3 rings (SSSR count). The van der Waals surface area contributed by atoms with Crippen LogP contribution in [0.3, 0.4) is 0 Å². The third-order valence-corrected chi connectivity index (χ3v) is 5.64. The molecule has 1 unspecified atom stereocenters. The molecule has 21 heavy (non-hydrogen) atoms. The number of thioether (sulfide) groups is 1. The number of hydrogen-bond acceptors (Lipinski definition) is 3. The van der Waals surface area contributed by atoms with E-state index in [1.807, 2.05) is 11.8 Å². The van der Waals surface area contributed by atoms with Crippen molar-refractivity contribution in [3.05, 3.63) is 34.9 Å². The third-order valence-electron chi connectivity index (χ3n) is 4.59. The summed E-state index contributed by atoms with van der Waals surface area (Å²) in [6.07, 6.45) is 2.55. The van der Waals surface area contributed by atoms with Gasteiger partial charge >= 0.3 is 0 Å². The van der Waals surface area contributed by atoms with Crippen LogP contribution in [0.4, 0.5) is 0 Å². The van der Waals surface area contributed by atoms with Crippen LogP contribution in [0.2, 0.25) is 0 Å². The van der Waals surface area contributed by atoms with Crippen molar-refractivity contribution in [2.75, 3.05) is 24.6 Å². The van der Waals surface area contributed by atoms with Gasteiger partial charge in [-0.15, -0.1) is 0 Å². The average Bonchev–Trinajstić information content (AvgIpc) is 2.82. The van der Waals surface area contributed by atoms with Crippen LogP contribution in [0.5, 0.6) is 0 Å². The summed E-state index contributed by atoms with van der Waals surface area (Å²) in [6, 6.07) is 6.52. The first kappa shape index (κ1) is 14.9. The number of hydrogen-bond donors (Lipinski definition) is 1. The zero-order chi connectivity index (χ0) is 14.8. The van der Waals surface area contributed by atoms with E-state index >= 15 is 0 Å². The molecule has 0 aliphatic carbocycles. The van der Waals surface area contributed by atoms with E-state index in [0.29, 0.717) is 12.5 Å². The fourth-order valence-electron chi connectivity index (χ4n) is 3.36. The van der Waals surface area contributed by atoms with Crippen LogP contribution in [0.25, 0.3) is 0 Å². The van der Waals surface area contributed by atoms with Crippen LogP contribution in [0.15, 0.2) is 18.2 Å². The van der Waals surface area contributed by atoms with Crippen molar-refractivity contribution in [2.45, 2.75) is 32.9 Å². The highest BCUT2D eigenvalue weighted by Crippen LogP contribution is 2.30. The number of nitrogens with one attached hydrogen (secondary N) is 1. The predicted molar refractivity (Wildman–Crippen MR) is 88.4 cm³/mol. The maximum Gasteiger partial charge on any atom is 0.238 e. The zero-order valence-corrected chi connectivity index (χ0v) is 13.7. The maximum absolute atomic E-state index is 12.3. The van der Waals surface area contributed by atoms with Gasteiger partial charge in [0.25, 0.3) is 0 Å². The number of rotatable bonds is 3. The van der Waals surface area contributed by atoms with Crippen LogP contribution >= 0.6 is 11.8 Å². The molecule has 1 aromatic carbocycles. The molecule has 1 aromatic rings. The Morgan fingerprint density at radius 3 is 2.76 bits per heavy atom. The van der Waals surface area contributed by atoms with Crippen molar-refractivity contribution >= 4 is 17.7 Å². The van der Waals surface area contributed by atoms with Gasteiger partial charge < -0.3 is 4.90 Å². The van der Waals surface area contributed by atoms with Crippen molar-refractivity contribution in [1.29, 1.82) is 0 Å². The van der Waals surface area contributed by atoms with Crippen molar-refractivity contribution in [3.8, 4) is 0 Å². The Morgan fingerprint density at radius 1 is 1.29 bits per heavy atom. The van der Waals surface area contributed by atoms with Gasteiger partial charge in [-0.3, -0.25) is 10.1 Å². The second-order valence-electron chi connectivity index (χ2n) is 6.25. The maximum atomic E-state index is 12.3. The SMILES string of the molecule is Cc1ccc(C2NCC(=O)N2CC2CCSCC2)c(C)c1. The molecule has 0 spiro atoms. The van der Waals surface area contributed by atoms with Gasteiger partial charge in [-0.05, 0) is 55.2 Å². The van der Waals surface area contributed by atoms with Crippen LogP contribution in [0.1, 0.15) is 35.7 Å². The van der Waals surface area contributed by atoms with Gasteiger partial charge in [0.05, 0.1) is 6.54 Å². The van der Waals surface area contributed by atoms with Gasteiger partial charge in [0.1, 0.15) is 6.17 Å². The van der Waals surface area contributed by atoms with Gasteiger partial charge in [0.15, 0.2) is 0 Å². The van der Waals surface area contributed by atoms with Crippen molar-refractivity contribution in [3.63, 3.8) is 0 Å². The summed E-state index contributed by atoms with van der Waals surface area (Å²) < 4.78 is 0. The minimum atomic E-state index is 0.0627. The third kappa shape index (κ3) is 3.27. The number of amides is 1. The molecule has 1 atom stereocenters. The van der Waals surface area contributed by atoms with E-state index < -0.39 is 0 Å². The molecule has 3 nitrogen and oxygen atoms in total. The fourth-order valence-corrected chi connectivity index (χ4v) is 4.57. The lowest BCUT2D eigenvalue weighted by Crippen LogP contribution is -2.36. The summed E-state index contributed by atoms with van der Waals surface area (Å²) in [7, 11) is 0. The van der Waals surface area contributed by atoms with E-state index in [2.05, 4.69) is 42.3 Å². The summed E-state index contributed by atoms with van der Waals surface area (Å²) in [6.45, 7) is 5.63. The van der Waals surface area contributed by atoms with Gasteiger partial charge in [0.2, 0.25) is 5.91 Å². The summed E-state index contributed by atoms with van der Waals surface area (Å²) in [5.41, 5.74) is 3.79. The molecule has 0 radical (unpaired) electrons. The van der Waals surface area contributed by atoms with Crippen molar-refractivity contribution < 1.29 is 4.79 Å². The molecule has 2 fully saturated rings. The number of aryl methyl sites for hydroxylation is 2. The Bertz CT molecular complexity index is 526. The highest BCUT2D eigenvalue weighted by atomic mass is 32.2. The monoisotopic (exact) mass is 304 g/mol. The Kier molecular flexibility index (Phi) is 4.55. The summed E-state index contributed by atoms with van der Waals surface area (Å²) >= 11 is 2.04. The quantitative estimate of drug-likeness (QED) is 0.932. The van der Waals surface area contributed by atoms with E-state index in [4.69, 9.17) is 0 Å². The molecule has 114 valence electrons. The lowest BCUT2D eigenvalue weighted by molar-refractivity contribution is -0.128. The normalized spacial score (nSPS) is 23.8. The smallest absolute Gasteiger partial charge is 0.238 e. The van der Waals surface area contributed by atoms with Crippen molar-refractivity contribution in [1.82, 2.24) is 10.2 Å². The predicted octanol–water partition coefficient (Wildman–Crippen LogP) is 2.88. The Balaban J connectivity index is 1.78. The lowest BCUT2D eigenvalue weighted by Gasteiger charge is -2.31. The van der Waals surface area contributed by atoms with E-state index in [9.17, 15) is 4.79 Å². The Hall–Kier alpha value is -1.00. The summed E-state index contributed by atoms with van der Waals surface area (Å²) in [4.78, 5) is 14.3. The van der Waals surface area contributed by atoms with Crippen LogP contribution < -0.4 is 5.32 Å². The first-order valence-electron chi connectivity index (χ1n) is 7.83. The largest absolute Gasteiger partial charge is 0.322 e. The summed E-state index contributed by atoms with van der Waals surface area (Å²) in [5.74, 6) is 3.41. The zero-order valence-electron chi connectivity index (χ0n) is 12.9. The molecule has 2 aliphatic rings. The molecule has 4 heteroatoms. The minimum Gasteiger partial charge on any atom is -0.322 e. The highest BCUT2D eigenvalue weighted by Gasteiger charge is 2.34. The molecule has 1 N–H and O–H groups in total. The van der Waals surface area contributed by atoms with Gasteiger partial charge in [-0.25, -0.2) is 0 Å². The highest BCUT2D eigenvalue weighted by molar-refractivity contribution is 7.99. The molecular weight excluding hydrogens is 280 g/mol. The van der Waals surface area contributed by atoms with Gasteiger partial charge in [-0.2, -0.15) is 11.8 Å². The molecule has 0 saturated carbocycles. The summed E-state index contributed by atoms with van der Waals surface area (Å²) in [5, 5.41) is 3.39. The lowest BCUT2D eigenvalue weighted by atomic mass is 9.99. The number of benzene rings is 1. The molecule has 0 aromatic heterocycles. The standard InChI is InChI=1S/C17H24N2OS/c1-12-3-4-15(13(2)9-12)17-18-10-16(20)19(17)11-14-5-7-21-8-6-14/h3-4,9,14,17-18H,5-8,10-11H2,1-2H3. The Morgan fingerprint density at radius 2 is 2.05 bits per heavy atom. The van der Waals surface area contributed by atoms with Crippen LogP contribution in [-0.2, 0) is 4.79 Å². The first-order chi connectivity index (χ1) is 10.1. The second kappa shape index (κ2) is 6.41.